The van der Waals surface area contributed by atoms with E-state index in [-0.39, 0.29) is 22.0 Å². The van der Waals surface area contributed by atoms with Gasteiger partial charge in [0, 0.05) is 29.8 Å². The molecule has 0 radical (unpaired) electrons. The summed E-state index contributed by atoms with van der Waals surface area (Å²) in [5.74, 6) is -1.71. The minimum atomic E-state index is -0.865. The molecule has 0 atom stereocenters. The molecule has 0 saturated heterocycles. The van der Waals surface area contributed by atoms with E-state index in [0.717, 1.165) is 6.07 Å². The molecule has 0 bridgehead atoms. The van der Waals surface area contributed by atoms with Crippen LogP contribution in [0.2, 0.25) is 5.15 Å². The second kappa shape index (κ2) is 5.62. The van der Waals surface area contributed by atoms with Crippen molar-refractivity contribution in [3.8, 4) is 11.1 Å². The first-order valence-electron chi connectivity index (χ1n) is 6.86. The number of hydrogen-bond donors (Lipinski definition) is 1. The molecule has 0 spiro atoms. The molecule has 3 rings (SSSR count). The Hall–Kier alpha value is -2.47. The maximum Gasteiger partial charge on any atom is 0.259 e. The van der Waals surface area contributed by atoms with E-state index in [1.165, 1.54) is 16.8 Å². The van der Waals surface area contributed by atoms with Gasteiger partial charge in [0.15, 0.2) is 0 Å². The molecule has 3 aromatic rings. The number of fused-ring (bicyclic) bond motifs is 1. The summed E-state index contributed by atoms with van der Waals surface area (Å²) in [6, 6.07) is 4.87. The zero-order valence-corrected chi connectivity index (χ0v) is 12.9. The van der Waals surface area contributed by atoms with E-state index >= 15 is 0 Å². The Bertz CT molecular complexity index is 985. The Morgan fingerprint density at radius 2 is 1.91 bits per heavy atom. The largest absolute Gasteiger partial charge is 0.396 e. The van der Waals surface area contributed by atoms with E-state index in [0.29, 0.717) is 23.5 Å². The molecule has 0 unspecified atom stereocenters. The Balaban J connectivity index is 2.39. The van der Waals surface area contributed by atoms with E-state index < -0.39 is 17.2 Å². The van der Waals surface area contributed by atoms with Crippen LogP contribution in [0.5, 0.6) is 0 Å². The predicted octanol–water partition coefficient (Wildman–Crippen LogP) is 3.60. The highest BCUT2D eigenvalue weighted by atomic mass is 35.5. The van der Waals surface area contributed by atoms with Crippen molar-refractivity contribution in [1.29, 1.82) is 0 Å². The SMILES string of the molecule is CCn1c(=O)c(-c2cc(N)c(F)cc2F)cc2cnc(Cl)cc21. The molecule has 0 amide bonds. The molecule has 1 aromatic carbocycles. The smallest absolute Gasteiger partial charge is 0.259 e. The van der Waals surface area contributed by atoms with Gasteiger partial charge >= 0.3 is 0 Å². The number of nitrogen functional groups attached to an aromatic ring is 1. The summed E-state index contributed by atoms with van der Waals surface area (Å²) < 4.78 is 28.9. The second-order valence-electron chi connectivity index (χ2n) is 5.03. The van der Waals surface area contributed by atoms with Crippen LogP contribution in [0, 0.1) is 11.6 Å². The molecule has 7 heteroatoms. The summed E-state index contributed by atoms with van der Waals surface area (Å²) in [7, 11) is 0. The molecule has 23 heavy (non-hydrogen) atoms. The van der Waals surface area contributed by atoms with E-state index in [1.54, 1.807) is 13.0 Å². The van der Waals surface area contributed by atoms with Crippen molar-refractivity contribution in [2.24, 2.45) is 0 Å². The molecule has 0 aliphatic rings. The van der Waals surface area contributed by atoms with Gasteiger partial charge in [-0.05, 0) is 25.1 Å². The van der Waals surface area contributed by atoms with Crippen molar-refractivity contribution in [3.63, 3.8) is 0 Å². The number of nitrogens with zero attached hydrogens (tertiary/aromatic N) is 2. The number of anilines is 1. The van der Waals surface area contributed by atoms with Gasteiger partial charge in [0.05, 0.1) is 16.8 Å². The van der Waals surface area contributed by atoms with Crippen LogP contribution in [0.3, 0.4) is 0 Å². The first-order chi connectivity index (χ1) is 10.9. The highest BCUT2D eigenvalue weighted by Gasteiger charge is 2.16. The molecule has 2 N–H and O–H groups in total. The molecule has 4 nitrogen and oxygen atoms in total. The second-order valence-corrected chi connectivity index (χ2v) is 5.41. The lowest BCUT2D eigenvalue weighted by atomic mass is 10.0. The van der Waals surface area contributed by atoms with E-state index in [4.69, 9.17) is 17.3 Å². The molecule has 118 valence electrons. The maximum atomic E-state index is 14.1. The van der Waals surface area contributed by atoms with Crippen LogP contribution in [0.4, 0.5) is 14.5 Å². The number of halogens is 3. The van der Waals surface area contributed by atoms with Gasteiger partial charge in [-0.15, -0.1) is 0 Å². The normalized spacial score (nSPS) is 11.1. The Morgan fingerprint density at radius 3 is 2.61 bits per heavy atom. The molecule has 2 aromatic heterocycles. The lowest BCUT2D eigenvalue weighted by Crippen LogP contribution is -2.21. The summed E-state index contributed by atoms with van der Waals surface area (Å²) in [6.07, 6.45) is 1.50. The lowest BCUT2D eigenvalue weighted by molar-refractivity contribution is 0.588. The van der Waals surface area contributed by atoms with Crippen molar-refractivity contribution in [2.45, 2.75) is 13.5 Å². The number of nitrogens with two attached hydrogens (primary N) is 1. The molecular formula is C16H12ClF2N3O. The summed E-state index contributed by atoms with van der Waals surface area (Å²) in [6.45, 7) is 2.15. The van der Waals surface area contributed by atoms with Crippen LogP contribution in [0.25, 0.3) is 22.0 Å². The Kier molecular flexibility index (Phi) is 3.77. The van der Waals surface area contributed by atoms with Crippen LogP contribution in [0.15, 0.2) is 35.3 Å². The van der Waals surface area contributed by atoms with Gasteiger partial charge in [0.2, 0.25) is 0 Å². The fraction of sp³-hybridized carbons (Fsp3) is 0.125. The highest BCUT2D eigenvalue weighted by molar-refractivity contribution is 6.30. The summed E-state index contributed by atoms with van der Waals surface area (Å²) in [4.78, 5) is 16.6. The molecule has 0 aliphatic heterocycles. The molecule has 0 saturated carbocycles. The lowest BCUT2D eigenvalue weighted by Gasteiger charge is -2.12. The zero-order chi connectivity index (χ0) is 16.7. The van der Waals surface area contributed by atoms with Crippen LogP contribution in [-0.4, -0.2) is 9.55 Å². The van der Waals surface area contributed by atoms with Crippen molar-refractivity contribution in [1.82, 2.24) is 9.55 Å². The zero-order valence-electron chi connectivity index (χ0n) is 12.1. The monoisotopic (exact) mass is 335 g/mol. The first kappa shape index (κ1) is 15.4. The van der Waals surface area contributed by atoms with Crippen molar-refractivity contribution < 1.29 is 8.78 Å². The van der Waals surface area contributed by atoms with E-state index in [9.17, 15) is 13.6 Å². The minimum Gasteiger partial charge on any atom is -0.396 e. The van der Waals surface area contributed by atoms with Gasteiger partial charge in [-0.3, -0.25) is 4.79 Å². The van der Waals surface area contributed by atoms with Gasteiger partial charge in [-0.25, -0.2) is 13.8 Å². The Labute approximate surface area is 135 Å². The standard InChI is InChI=1S/C16H12ClF2N3O/c1-2-22-14-6-15(17)21-7-8(14)3-10(16(22)23)9-4-13(20)12(19)5-11(9)18/h3-7H,2,20H2,1H3. The number of benzene rings is 1. The number of aromatic nitrogens is 2. The number of hydrogen-bond acceptors (Lipinski definition) is 3. The summed E-state index contributed by atoms with van der Waals surface area (Å²) >= 11 is 5.88. The average molecular weight is 336 g/mol. The molecule has 2 heterocycles. The molecule has 0 aliphatic carbocycles. The fourth-order valence-corrected chi connectivity index (χ4v) is 2.68. The average Bonchev–Trinajstić information content (AvgIpc) is 2.51. The first-order valence-corrected chi connectivity index (χ1v) is 7.24. The summed E-state index contributed by atoms with van der Waals surface area (Å²) in [5, 5.41) is 0.872. The number of aryl methyl sites for hydroxylation is 1. The highest BCUT2D eigenvalue weighted by Crippen LogP contribution is 2.27. The quantitative estimate of drug-likeness (QED) is 0.575. The third kappa shape index (κ3) is 2.55. The van der Waals surface area contributed by atoms with Crippen LogP contribution in [-0.2, 0) is 6.54 Å². The van der Waals surface area contributed by atoms with Crippen LogP contribution < -0.4 is 11.3 Å². The third-order valence-corrected chi connectivity index (χ3v) is 3.84. The van der Waals surface area contributed by atoms with Crippen molar-refractivity contribution >= 4 is 28.2 Å². The van der Waals surface area contributed by atoms with E-state index in [2.05, 4.69) is 4.98 Å². The van der Waals surface area contributed by atoms with Gasteiger partial charge < -0.3 is 10.3 Å². The van der Waals surface area contributed by atoms with Crippen LogP contribution >= 0.6 is 11.6 Å². The van der Waals surface area contributed by atoms with Gasteiger partial charge in [0.1, 0.15) is 16.8 Å². The number of rotatable bonds is 2. The molecular weight excluding hydrogens is 324 g/mol. The maximum absolute atomic E-state index is 14.1. The van der Waals surface area contributed by atoms with Crippen molar-refractivity contribution in [2.75, 3.05) is 5.73 Å². The predicted molar refractivity (Wildman–Crippen MR) is 86.5 cm³/mol. The van der Waals surface area contributed by atoms with Gasteiger partial charge in [-0.1, -0.05) is 11.6 Å². The number of pyridine rings is 2. The van der Waals surface area contributed by atoms with Gasteiger partial charge in [0.25, 0.3) is 5.56 Å². The fourth-order valence-electron chi connectivity index (χ4n) is 2.53. The molecule has 0 fully saturated rings. The Morgan fingerprint density at radius 1 is 1.17 bits per heavy atom. The third-order valence-electron chi connectivity index (χ3n) is 3.64. The van der Waals surface area contributed by atoms with Crippen LogP contribution in [0.1, 0.15) is 6.92 Å². The minimum absolute atomic E-state index is 0.0482. The van der Waals surface area contributed by atoms with E-state index in [1.807, 2.05) is 0 Å². The van der Waals surface area contributed by atoms with Gasteiger partial charge in [-0.2, -0.15) is 0 Å². The summed E-state index contributed by atoms with van der Waals surface area (Å²) in [5.41, 5.74) is 5.50. The van der Waals surface area contributed by atoms with Crippen molar-refractivity contribution in [3.05, 3.63) is 57.6 Å². The topological polar surface area (TPSA) is 60.9 Å².